The van der Waals surface area contributed by atoms with Gasteiger partial charge < -0.3 is 4.74 Å². The number of hydrogen-bond acceptors (Lipinski definition) is 3. The summed E-state index contributed by atoms with van der Waals surface area (Å²) < 4.78 is 6.91. The van der Waals surface area contributed by atoms with Gasteiger partial charge in [0, 0.05) is 0 Å². The number of fused-ring (bicyclic) bond motifs is 1. The van der Waals surface area contributed by atoms with Crippen LogP contribution in [0.1, 0.15) is 5.56 Å². The first-order chi connectivity index (χ1) is 8.42. The third-order valence-electron chi connectivity index (χ3n) is 2.54. The minimum atomic E-state index is 0.581. The smallest absolute Gasteiger partial charge is 0.119 e. The molecule has 0 radical (unpaired) electrons. The highest BCUT2D eigenvalue weighted by atomic mass is 32.1. The van der Waals surface area contributed by atoms with Gasteiger partial charge in [-0.15, -0.1) is 11.3 Å². The van der Waals surface area contributed by atoms with Gasteiger partial charge in [0.05, 0.1) is 15.7 Å². The summed E-state index contributed by atoms with van der Waals surface area (Å²) in [6.45, 7) is 0.581. The molecule has 17 heavy (non-hydrogen) atoms. The van der Waals surface area contributed by atoms with Gasteiger partial charge in [-0.25, -0.2) is 4.98 Å². The predicted molar refractivity (Wildman–Crippen MR) is 70.4 cm³/mol. The molecule has 0 aliphatic rings. The van der Waals surface area contributed by atoms with Gasteiger partial charge in [-0.2, -0.15) is 0 Å². The summed E-state index contributed by atoms with van der Waals surface area (Å²) in [5, 5.41) is 0. The number of para-hydroxylation sites is 1. The zero-order valence-corrected chi connectivity index (χ0v) is 9.98. The molecule has 2 nitrogen and oxygen atoms in total. The van der Waals surface area contributed by atoms with Gasteiger partial charge >= 0.3 is 0 Å². The average Bonchev–Trinajstić information content (AvgIpc) is 2.85. The number of benzene rings is 2. The van der Waals surface area contributed by atoms with Crippen LogP contribution in [-0.4, -0.2) is 4.98 Å². The molecule has 3 aromatic rings. The summed E-state index contributed by atoms with van der Waals surface area (Å²) in [7, 11) is 0. The van der Waals surface area contributed by atoms with Crippen molar-refractivity contribution < 1.29 is 4.74 Å². The lowest BCUT2D eigenvalue weighted by Gasteiger charge is -2.05. The Bertz CT molecular complexity index is 618. The van der Waals surface area contributed by atoms with Gasteiger partial charge in [0.2, 0.25) is 0 Å². The molecule has 84 valence electrons. The average molecular weight is 241 g/mol. The van der Waals surface area contributed by atoms with Gasteiger partial charge in [-0.3, -0.25) is 0 Å². The summed E-state index contributed by atoms with van der Waals surface area (Å²) >= 11 is 1.66. The Kier molecular flexibility index (Phi) is 2.76. The molecule has 0 bridgehead atoms. The van der Waals surface area contributed by atoms with Crippen LogP contribution in [0.4, 0.5) is 0 Å². The van der Waals surface area contributed by atoms with Gasteiger partial charge in [0.25, 0.3) is 0 Å². The Balaban J connectivity index is 1.76. The quantitative estimate of drug-likeness (QED) is 0.694. The number of nitrogens with zero attached hydrogens (tertiary/aromatic N) is 1. The highest BCUT2D eigenvalue weighted by Crippen LogP contribution is 2.20. The van der Waals surface area contributed by atoms with E-state index < -0.39 is 0 Å². The second-order valence-electron chi connectivity index (χ2n) is 3.76. The minimum Gasteiger partial charge on any atom is -0.489 e. The summed E-state index contributed by atoms with van der Waals surface area (Å²) in [4.78, 5) is 4.30. The number of hydrogen-bond donors (Lipinski definition) is 0. The fourth-order valence-electron chi connectivity index (χ4n) is 1.68. The van der Waals surface area contributed by atoms with Crippen molar-refractivity contribution in [3.63, 3.8) is 0 Å². The van der Waals surface area contributed by atoms with Gasteiger partial charge in [0.1, 0.15) is 12.4 Å². The van der Waals surface area contributed by atoms with E-state index in [1.807, 2.05) is 35.8 Å². The normalized spacial score (nSPS) is 10.6. The molecule has 0 aliphatic carbocycles. The first-order valence-electron chi connectivity index (χ1n) is 5.42. The molecule has 2 aromatic carbocycles. The van der Waals surface area contributed by atoms with Crippen LogP contribution < -0.4 is 4.74 Å². The third kappa shape index (κ3) is 2.29. The van der Waals surface area contributed by atoms with Crippen LogP contribution in [0.5, 0.6) is 5.75 Å². The summed E-state index contributed by atoms with van der Waals surface area (Å²) in [6, 6.07) is 16.1. The standard InChI is InChI=1S/C14H11NOS/c1-2-4-12(5-3-1)16-9-11-6-7-14-13(8-11)15-10-17-14/h1-8,10H,9H2. The molecule has 0 N–H and O–H groups in total. The molecule has 0 saturated heterocycles. The van der Waals surface area contributed by atoms with E-state index in [1.165, 1.54) is 4.70 Å². The van der Waals surface area contributed by atoms with E-state index in [-0.39, 0.29) is 0 Å². The van der Waals surface area contributed by atoms with Crippen LogP contribution in [0.25, 0.3) is 10.2 Å². The van der Waals surface area contributed by atoms with Crippen molar-refractivity contribution in [2.75, 3.05) is 0 Å². The summed E-state index contributed by atoms with van der Waals surface area (Å²) in [5.41, 5.74) is 4.06. The van der Waals surface area contributed by atoms with Crippen molar-refractivity contribution in [2.45, 2.75) is 6.61 Å². The van der Waals surface area contributed by atoms with Crippen LogP contribution in [0.3, 0.4) is 0 Å². The molecule has 0 aliphatic heterocycles. The third-order valence-corrected chi connectivity index (χ3v) is 3.35. The minimum absolute atomic E-state index is 0.581. The molecule has 3 heteroatoms. The van der Waals surface area contributed by atoms with E-state index >= 15 is 0 Å². The SMILES string of the molecule is c1ccc(OCc2ccc3scnc3c2)cc1. The van der Waals surface area contributed by atoms with E-state index in [9.17, 15) is 0 Å². The van der Waals surface area contributed by atoms with Crippen LogP contribution >= 0.6 is 11.3 Å². The van der Waals surface area contributed by atoms with E-state index in [0.717, 1.165) is 16.8 Å². The number of ether oxygens (including phenoxy) is 1. The molecule has 0 saturated carbocycles. The Morgan fingerprint density at radius 2 is 1.94 bits per heavy atom. The largest absolute Gasteiger partial charge is 0.489 e. The lowest BCUT2D eigenvalue weighted by atomic mass is 10.2. The van der Waals surface area contributed by atoms with Gasteiger partial charge in [0.15, 0.2) is 0 Å². The number of aromatic nitrogens is 1. The predicted octanol–water partition coefficient (Wildman–Crippen LogP) is 3.88. The molecule has 0 atom stereocenters. The van der Waals surface area contributed by atoms with Crippen LogP contribution in [0, 0.1) is 0 Å². The summed E-state index contributed by atoms with van der Waals surface area (Å²) in [5.74, 6) is 0.894. The van der Waals surface area contributed by atoms with Crippen LogP contribution in [-0.2, 0) is 6.61 Å². The first-order valence-corrected chi connectivity index (χ1v) is 6.30. The van der Waals surface area contributed by atoms with Crippen molar-refractivity contribution >= 4 is 21.6 Å². The Hall–Kier alpha value is -1.87. The fourth-order valence-corrected chi connectivity index (χ4v) is 2.34. The molecular weight excluding hydrogens is 230 g/mol. The highest BCUT2D eigenvalue weighted by molar-refractivity contribution is 7.16. The Labute approximate surface area is 104 Å². The molecule has 0 spiro atoms. The second kappa shape index (κ2) is 4.55. The molecule has 0 fully saturated rings. The first kappa shape index (κ1) is 10.3. The molecule has 1 aromatic heterocycles. The van der Waals surface area contributed by atoms with E-state index in [1.54, 1.807) is 11.3 Å². The monoisotopic (exact) mass is 241 g/mol. The number of thiazole rings is 1. The van der Waals surface area contributed by atoms with Gasteiger partial charge in [-0.1, -0.05) is 24.3 Å². The topological polar surface area (TPSA) is 22.1 Å². The van der Waals surface area contributed by atoms with Crippen molar-refractivity contribution in [2.24, 2.45) is 0 Å². The lowest BCUT2D eigenvalue weighted by molar-refractivity contribution is 0.306. The molecule has 3 rings (SSSR count). The van der Waals surface area contributed by atoms with E-state index in [4.69, 9.17) is 4.74 Å². The highest BCUT2D eigenvalue weighted by Gasteiger charge is 1.99. The Morgan fingerprint density at radius 1 is 1.06 bits per heavy atom. The molecule has 0 unspecified atom stereocenters. The van der Waals surface area contributed by atoms with Crippen molar-refractivity contribution in [3.05, 3.63) is 59.6 Å². The summed E-state index contributed by atoms with van der Waals surface area (Å²) in [6.07, 6.45) is 0. The molecule has 1 heterocycles. The second-order valence-corrected chi connectivity index (χ2v) is 4.64. The number of rotatable bonds is 3. The van der Waals surface area contributed by atoms with E-state index in [0.29, 0.717) is 6.61 Å². The fraction of sp³-hybridized carbons (Fsp3) is 0.0714. The maximum atomic E-state index is 5.69. The van der Waals surface area contributed by atoms with E-state index in [2.05, 4.69) is 23.2 Å². The molecular formula is C14H11NOS. The zero-order chi connectivity index (χ0) is 11.5. The lowest BCUT2D eigenvalue weighted by Crippen LogP contribution is -1.94. The molecule has 0 amide bonds. The zero-order valence-electron chi connectivity index (χ0n) is 9.17. The van der Waals surface area contributed by atoms with Crippen molar-refractivity contribution in [1.82, 2.24) is 4.98 Å². The van der Waals surface area contributed by atoms with Crippen LogP contribution in [0.2, 0.25) is 0 Å². The van der Waals surface area contributed by atoms with Gasteiger partial charge in [-0.05, 0) is 29.8 Å². The Morgan fingerprint density at radius 3 is 2.82 bits per heavy atom. The maximum Gasteiger partial charge on any atom is 0.119 e. The van der Waals surface area contributed by atoms with Crippen molar-refractivity contribution in [1.29, 1.82) is 0 Å². The van der Waals surface area contributed by atoms with Crippen LogP contribution in [0.15, 0.2) is 54.0 Å². The maximum absolute atomic E-state index is 5.69. The van der Waals surface area contributed by atoms with Crippen molar-refractivity contribution in [3.8, 4) is 5.75 Å².